The van der Waals surface area contributed by atoms with Crippen molar-refractivity contribution in [2.24, 2.45) is 0 Å². The summed E-state index contributed by atoms with van der Waals surface area (Å²) < 4.78 is 1.49. The molecule has 0 aromatic carbocycles. The van der Waals surface area contributed by atoms with Gasteiger partial charge in [-0.2, -0.15) is 6.42 Å². The third-order valence-corrected chi connectivity index (χ3v) is 3.23. The van der Waals surface area contributed by atoms with E-state index < -0.39 is 11.9 Å². The Kier molecular flexibility index (Phi) is 27.8. The molecule has 0 saturated carbocycles. The molecule has 1 aromatic heterocycles. The Hall–Kier alpha value is -0.850. The fraction of sp³-hybridized carbons (Fsp3) is 0.684. The standard InChI is InChI=1S/C12H25.C5H6N2O2.C2H4O2.Na/c1-3-5-7-9-11-12-10-8-6-4-2;8-5(9)3-7-2-1-6-4-7;1-2(3)4;/h1,3-12H2,2H3;1-2,4H,3H2,(H,8,9);1H3,(H,3,4);/q-1;;;+1. The molecule has 7 heteroatoms. The number of hydrogen-bond acceptors (Lipinski definition) is 3. The summed E-state index contributed by atoms with van der Waals surface area (Å²) in [4.78, 5) is 22.7. The quantitative estimate of drug-likeness (QED) is 0.348. The fourth-order valence-corrected chi connectivity index (χ4v) is 2.02. The Labute approximate surface area is 180 Å². The second kappa shape index (κ2) is 24.1. The molecule has 0 spiro atoms. The summed E-state index contributed by atoms with van der Waals surface area (Å²) >= 11 is 0. The van der Waals surface area contributed by atoms with Gasteiger partial charge in [-0.05, 0) is 0 Å². The van der Waals surface area contributed by atoms with Crippen LogP contribution < -0.4 is 29.6 Å². The van der Waals surface area contributed by atoms with Gasteiger partial charge in [-0.3, -0.25) is 9.59 Å². The van der Waals surface area contributed by atoms with Crippen molar-refractivity contribution >= 4 is 11.9 Å². The van der Waals surface area contributed by atoms with Crippen molar-refractivity contribution in [1.29, 1.82) is 0 Å². The predicted molar refractivity (Wildman–Crippen MR) is 100 cm³/mol. The SMILES string of the molecule is CC(=O)O.O=C(O)Cn1ccnc1.[CH2-]CCCCCCCCCCC.[Na+]. The number of imidazole rings is 1. The third kappa shape index (κ3) is 31.0. The Balaban J connectivity index is -0.000000334. The van der Waals surface area contributed by atoms with E-state index in [1.165, 1.54) is 68.7 Å². The number of aromatic nitrogens is 2. The van der Waals surface area contributed by atoms with Gasteiger partial charge >= 0.3 is 35.5 Å². The van der Waals surface area contributed by atoms with Crippen molar-refractivity contribution in [1.82, 2.24) is 9.55 Å². The first-order chi connectivity index (χ1) is 11.9. The molecule has 0 aliphatic heterocycles. The van der Waals surface area contributed by atoms with Crippen molar-refractivity contribution in [3.8, 4) is 0 Å². The average Bonchev–Trinajstić information content (AvgIpc) is 3.02. The summed E-state index contributed by atoms with van der Waals surface area (Å²) in [5.74, 6) is -1.69. The molecule has 0 aliphatic rings. The predicted octanol–water partition coefficient (Wildman–Crippen LogP) is 1.80. The zero-order valence-corrected chi connectivity index (χ0v) is 18.8. The van der Waals surface area contributed by atoms with Gasteiger partial charge in [0.1, 0.15) is 6.54 Å². The topological polar surface area (TPSA) is 92.4 Å². The summed E-state index contributed by atoms with van der Waals surface area (Å²) in [6.45, 7) is 7.19. The number of nitrogens with zero attached hydrogens (tertiary/aromatic N) is 2. The van der Waals surface area contributed by atoms with Gasteiger partial charge in [-0.25, -0.2) is 4.98 Å². The normalized spacial score (nSPS) is 9.04. The van der Waals surface area contributed by atoms with Gasteiger partial charge in [0, 0.05) is 19.3 Å². The number of unbranched alkanes of at least 4 members (excludes halogenated alkanes) is 9. The van der Waals surface area contributed by atoms with Crippen LogP contribution in [0, 0.1) is 6.92 Å². The molecule has 0 radical (unpaired) electrons. The molecule has 0 saturated heterocycles. The van der Waals surface area contributed by atoms with Gasteiger partial charge in [0.15, 0.2) is 0 Å². The first-order valence-electron chi connectivity index (χ1n) is 9.10. The van der Waals surface area contributed by atoms with Gasteiger partial charge < -0.3 is 21.7 Å². The monoisotopic (exact) mass is 378 g/mol. The first kappa shape index (κ1) is 29.9. The van der Waals surface area contributed by atoms with Crippen LogP contribution in [0.4, 0.5) is 0 Å². The van der Waals surface area contributed by atoms with E-state index in [2.05, 4.69) is 18.8 Å². The van der Waals surface area contributed by atoms with Crippen molar-refractivity contribution < 1.29 is 49.4 Å². The molecule has 1 aromatic rings. The minimum Gasteiger partial charge on any atom is -0.481 e. The molecule has 0 atom stereocenters. The zero-order chi connectivity index (χ0) is 19.3. The van der Waals surface area contributed by atoms with Crippen LogP contribution in [0.15, 0.2) is 18.7 Å². The van der Waals surface area contributed by atoms with Crippen LogP contribution in [0.1, 0.15) is 78.1 Å². The van der Waals surface area contributed by atoms with Crippen LogP contribution in [-0.2, 0) is 16.1 Å². The molecule has 0 aliphatic carbocycles. The van der Waals surface area contributed by atoms with Crippen LogP contribution >= 0.6 is 0 Å². The van der Waals surface area contributed by atoms with Crippen LogP contribution in [0.5, 0.6) is 0 Å². The van der Waals surface area contributed by atoms with Crippen molar-refractivity contribution in [2.45, 2.75) is 84.6 Å². The summed E-state index contributed by atoms with van der Waals surface area (Å²) in [7, 11) is 0. The molecule has 26 heavy (non-hydrogen) atoms. The molecular formula is C19H35N2NaO4. The van der Waals surface area contributed by atoms with Crippen LogP contribution in [0.25, 0.3) is 0 Å². The molecule has 0 unspecified atom stereocenters. The number of rotatable bonds is 11. The zero-order valence-electron chi connectivity index (χ0n) is 16.8. The van der Waals surface area contributed by atoms with E-state index in [4.69, 9.17) is 15.0 Å². The number of carboxylic acid groups (broad SMARTS) is 2. The average molecular weight is 378 g/mol. The second-order valence-corrected chi connectivity index (χ2v) is 5.83. The van der Waals surface area contributed by atoms with E-state index in [9.17, 15) is 4.79 Å². The molecule has 0 fully saturated rings. The van der Waals surface area contributed by atoms with Crippen LogP contribution in [0.3, 0.4) is 0 Å². The molecular weight excluding hydrogens is 343 g/mol. The van der Waals surface area contributed by atoms with E-state index >= 15 is 0 Å². The van der Waals surface area contributed by atoms with Gasteiger partial charge in [0.05, 0.1) is 6.33 Å². The Morgan fingerprint density at radius 1 is 1.00 bits per heavy atom. The fourth-order valence-electron chi connectivity index (χ4n) is 2.02. The summed E-state index contributed by atoms with van der Waals surface area (Å²) in [6, 6.07) is 0. The number of carbonyl (C=O) groups is 2. The van der Waals surface area contributed by atoms with Gasteiger partial charge in [-0.15, -0.1) is 0 Å². The number of aliphatic carboxylic acids is 2. The van der Waals surface area contributed by atoms with Gasteiger partial charge in [0.2, 0.25) is 0 Å². The van der Waals surface area contributed by atoms with E-state index in [1.807, 2.05) is 0 Å². The molecule has 146 valence electrons. The maximum absolute atomic E-state index is 10.0. The van der Waals surface area contributed by atoms with Gasteiger partial charge in [-0.1, -0.05) is 64.7 Å². The van der Waals surface area contributed by atoms with Crippen LogP contribution in [-0.4, -0.2) is 31.7 Å². The summed E-state index contributed by atoms with van der Waals surface area (Å²) in [6.07, 6.45) is 18.5. The number of hydrogen-bond donors (Lipinski definition) is 2. The Bertz CT molecular complexity index is 398. The minimum atomic E-state index is -0.854. The maximum Gasteiger partial charge on any atom is 1.00 e. The molecule has 1 rings (SSSR count). The second-order valence-electron chi connectivity index (χ2n) is 5.83. The molecule has 2 N–H and O–H groups in total. The molecule has 1 heterocycles. The minimum absolute atomic E-state index is 0. The molecule has 6 nitrogen and oxygen atoms in total. The van der Waals surface area contributed by atoms with E-state index in [-0.39, 0.29) is 36.1 Å². The third-order valence-electron chi connectivity index (χ3n) is 3.23. The van der Waals surface area contributed by atoms with Crippen molar-refractivity contribution in [3.63, 3.8) is 0 Å². The van der Waals surface area contributed by atoms with Crippen molar-refractivity contribution in [2.75, 3.05) is 0 Å². The first-order valence-corrected chi connectivity index (χ1v) is 9.10. The van der Waals surface area contributed by atoms with E-state index in [0.29, 0.717) is 0 Å². The van der Waals surface area contributed by atoms with E-state index in [0.717, 1.165) is 13.3 Å². The largest absolute Gasteiger partial charge is 1.00 e. The Morgan fingerprint density at radius 3 is 1.81 bits per heavy atom. The summed E-state index contributed by atoms with van der Waals surface area (Å²) in [5, 5.41) is 15.7. The van der Waals surface area contributed by atoms with Gasteiger partial charge in [0.25, 0.3) is 5.97 Å². The smallest absolute Gasteiger partial charge is 0.481 e. The summed E-state index contributed by atoms with van der Waals surface area (Å²) in [5.41, 5.74) is 0. The van der Waals surface area contributed by atoms with Crippen LogP contribution in [0.2, 0.25) is 0 Å². The molecule has 0 amide bonds. The van der Waals surface area contributed by atoms with E-state index in [1.54, 1.807) is 12.4 Å². The number of carboxylic acids is 2. The maximum atomic E-state index is 10.0. The van der Waals surface area contributed by atoms with Crippen molar-refractivity contribution in [3.05, 3.63) is 25.6 Å². The Morgan fingerprint density at radius 2 is 1.46 bits per heavy atom. The molecule has 0 bridgehead atoms.